The Balaban J connectivity index is 1.72. The molecule has 2 aliphatic heterocycles. The van der Waals surface area contributed by atoms with E-state index in [4.69, 9.17) is 0 Å². The first kappa shape index (κ1) is 16.8. The molecular formula is C19H27N3O2. The Morgan fingerprint density at radius 2 is 2.00 bits per heavy atom. The van der Waals surface area contributed by atoms with Gasteiger partial charge in [-0.15, -0.1) is 0 Å². The molecule has 1 saturated heterocycles. The number of hydrogen-bond donors (Lipinski definition) is 1. The molecule has 24 heavy (non-hydrogen) atoms. The molecule has 0 spiro atoms. The average molecular weight is 329 g/mol. The van der Waals surface area contributed by atoms with Gasteiger partial charge in [0, 0.05) is 37.9 Å². The van der Waals surface area contributed by atoms with Gasteiger partial charge in [0.2, 0.25) is 0 Å². The number of carbonyl (C=O) groups excluding carboxylic acids is 2. The van der Waals surface area contributed by atoms with E-state index in [0.717, 1.165) is 38.0 Å². The van der Waals surface area contributed by atoms with Gasteiger partial charge in [-0.05, 0) is 48.8 Å². The Morgan fingerprint density at radius 1 is 1.21 bits per heavy atom. The second-order valence-corrected chi connectivity index (χ2v) is 7.46. The zero-order valence-corrected chi connectivity index (χ0v) is 14.8. The van der Waals surface area contributed by atoms with Crippen LogP contribution in [0.3, 0.4) is 0 Å². The number of nitrogens with one attached hydrogen (secondary N) is 1. The quantitative estimate of drug-likeness (QED) is 0.860. The van der Waals surface area contributed by atoms with Crippen LogP contribution in [-0.2, 0) is 6.42 Å². The average Bonchev–Trinajstić information content (AvgIpc) is 2.72. The van der Waals surface area contributed by atoms with Gasteiger partial charge in [-0.3, -0.25) is 4.79 Å². The molecule has 5 nitrogen and oxygen atoms in total. The van der Waals surface area contributed by atoms with E-state index in [1.54, 1.807) is 4.90 Å². The molecule has 2 atom stereocenters. The van der Waals surface area contributed by atoms with Crippen molar-refractivity contribution in [3.63, 3.8) is 0 Å². The summed E-state index contributed by atoms with van der Waals surface area (Å²) in [7, 11) is 1.82. The van der Waals surface area contributed by atoms with E-state index in [-0.39, 0.29) is 11.9 Å². The van der Waals surface area contributed by atoms with Gasteiger partial charge in [-0.25, -0.2) is 4.79 Å². The van der Waals surface area contributed by atoms with E-state index in [1.165, 1.54) is 6.42 Å². The molecule has 1 aromatic carbocycles. The maximum absolute atomic E-state index is 12.6. The Hall–Kier alpha value is -2.04. The topological polar surface area (TPSA) is 52.7 Å². The largest absolute Gasteiger partial charge is 0.341 e. The van der Waals surface area contributed by atoms with Gasteiger partial charge in [0.1, 0.15) is 0 Å². The molecule has 2 aliphatic rings. The van der Waals surface area contributed by atoms with Crippen molar-refractivity contribution in [1.29, 1.82) is 0 Å². The maximum atomic E-state index is 12.6. The van der Waals surface area contributed by atoms with Gasteiger partial charge in [0.05, 0.1) is 0 Å². The number of anilines is 1. The lowest BCUT2D eigenvalue weighted by molar-refractivity contribution is 0.0781. The van der Waals surface area contributed by atoms with Crippen molar-refractivity contribution in [2.75, 3.05) is 32.0 Å². The van der Waals surface area contributed by atoms with Crippen molar-refractivity contribution in [1.82, 2.24) is 9.80 Å². The highest BCUT2D eigenvalue weighted by Gasteiger charge is 2.24. The fourth-order valence-corrected chi connectivity index (χ4v) is 3.78. The van der Waals surface area contributed by atoms with Crippen LogP contribution in [0.1, 0.15) is 42.6 Å². The highest BCUT2D eigenvalue weighted by molar-refractivity contribution is 5.99. The lowest BCUT2D eigenvalue weighted by atomic mass is 9.97. The summed E-state index contributed by atoms with van der Waals surface area (Å²) in [6.07, 6.45) is 3.09. The highest BCUT2D eigenvalue weighted by Crippen LogP contribution is 2.24. The van der Waals surface area contributed by atoms with Gasteiger partial charge in [0.15, 0.2) is 0 Å². The molecule has 1 fully saturated rings. The number of hydrogen-bond acceptors (Lipinski definition) is 2. The Bertz CT molecular complexity index is 643. The van der Waals surface area contributed by atoms with Crippen LogP contribution in [0.2, 0.25) is 0 Å². The van der Waals surface area contributed by atoms with Crippen molar-refractivity contribution >= 4 is 17.6 Å². The minimum atomic E-state index is -0.0625. The standard InChI is InChI=1S/C19H27N3O2/c1-13-6-9-22(12-14(2)10-13)19(24)20-16-5-4-15-7-8-21(3)18(23)17(15)11-16/h4-5,11,13-14H,6-10,12H2,1-3H3,(H,20,24)/t13-,14+/m1/s1. The van der Waals surface area contributed by atoms with Crippen molar-refractivity contribution in [2.45, 2.75) is 33.1 Å². The number of likely N-dealkylation sites (N-methyl/N-ethyl adjacent to an activating group) is 1. The zero-order chi connectivity index (χ0) is 17.3. The van der Waals surface area contributed by atoms with Crippen LogP contribution in [-0.4, -0.2) is 48.4 Å². The van der Waals surface area contributed by atoms with Gasteiger partial charge in [-0.2, -0.15) is 0 Å². The third-order valence-electron chi connectivity index (χ3n) is 5.17. The Morgan fingerprint density at radius 3 is 2.79 bits per heavy atom. The van der Waals surface area contributed by atoms with E-state index in [9.17, 15) is 9.59 Å². The van der Waals surface area contributed by atoms with Gasteiger partial charge >= 0.3 is 6.03 Å². The van der Waals surface area contributed by atoms with E-state index in [0.29, 0.717) is 23.1 Å². The third kappa shape index (κ3) is 3.55. The summed E-state index contributed by atoms with van der Waals surface area (Å²) >= 11 is 0. The van der Waals surface area contributed by atoms with Gasteiger partial charge in [-0.1, -0.05) is 19.9 Å². The number of nitrogens with zero attached hydrogens (tertiary/aromatic N) is 2. The van der Waals surface area contributed by atoms with Gasteiger partial charge < -0.3 is 15.1 Å². The minimum absolute atomic E-state index is 0.0320. The Labute approximate surface area is 144 Å². The van der Waals surface area contributed by atoms with Crippen molar-refractivity contribution < 1.29 is 9.59 Å². The molecule has 0 radical (unpaired) electrons. The maximum Gasteiger partial charge on any atom is 0.321 e. The summed E-state index contributed by atoms with van der Waals surface area (Å²) in [5.41, 5.74) is 2.47. The van der Waals surface area contributed by atoms with Crippen LogP contribution in [0.5, 0.6) is 0 Å². The smallest absolute Gasteiger partial charge is 0.321 e. The van der Waals surface area contributed by atoms with E-state index < -0.39 is 0 Å². The van der Waals surface area contributed by atoms with E-state index in [2.05, 4.69) is 19.2 Å². The normalized spacial score (nSPS) is 24.4. The lowest BCUT2D eigenvalue weighted by Gasteiger charge is -2.26. The van der Waals surface area contributed by atoms with E-state index in [1.807, 2.05) is 30.1 Å². The van der Waals surface area contributed by atoms with Crippen LogP contribution in [0, 0.1) is 11.8 Å². The van der Waals surface area contributed by atoms with Crippen LogP contribution in [0.4, 0.5) is 10.5 Å². The number of urea groups is 1. The molecular weight excluding hydrogens is 302 g/mol. The SMILES string of the molecule is C[C@@H]1CCN(C(=O)Nc2ccc3c(c2)C(=O)N(C)CC3)C[C@@H](C)C1. The predicted octanol–water partition coefficient (Wildman–Crippen LogP) is 3.21. The molecule has 1 N–H and O–H groups in total. The summed E-state index contributed by atoms with van der Waals surface area (Å²) < 4.78 is 0. The molecule has 0 aromatic heterocycles. The first-order chi connectivity index (χ1) is 11.4. The highest BCUT2D eigenvalue weighted by atomic mass is 16.2. The molecule has 5 heteroatoms. The van der Waals surface area contributed by atoms with Crippen LogP contribution >= 0.6 is 0 Å². The summed E-state index contributed by atoms with van der Waals surface area (Å²) in [6, 6.07) is 5.62. The lowest BCUT2D eigenvalue weighted by Crippen LogP contribution is -2.37. The molecule has 130 valence electrons. The number of benzene rings is 1. The third-order valence-corrected chi connectivity index (χ3v) is 5.17. The summed E-state index contributed by atoms with van der Waals surface area (Å²) in [4.78, 5) is 28.5. The monoisotopic (exact) mass is 329 g/mol. The van der Waals surface area contributed by atoms with Gasteiger partial charge in [0.25, 0.3) is 5.91 Å². The second kappa shape index (κ2) is 6.83. The fourth-order valence-electron chi connectivity index (χ4n) is 3.78. The predicted molar refractivity (Wildman–Crippen MR) is 95.3 cm³/mol. The molecule has 0 saturated carbocycles. The fraction of sp³-hybridized carbons (Fsp3) is 0.579. The number of fused-ring (bicyclic) bond motifs is 1. The second-order valence-electron chi connectivity index (χ2n) is 7.46. The van der Waals surface area contributed by atoms with Crippen molar-refractivity contribution in [3.05, 3.63) is 29.3 Å². The van der Waals surface area contributed by atoms with Crippen LogP contribution in [0.25, 0.3) is 0 Å². The number of likely N-dealkylation sites (tertiary alicyclic amines) is 1. The van der Waals surface area contributed by atoms with Crippen LogP contribution < -0.4 is 5.32 Å². The number of rotatable bonds is 1. The van der Waals surface area contributed by atoms with Crippen molar-refractivity contribution in [3.8, 4) is 0 Å². The number of carbonyl (C=O) groups is 2. The molecule has 3 amide bonds. The molecule has 3 rings (SSSR count). The Kier molecular flexibility index (Phi) is 4.78. The minimum Gasteiger partial charge on any atom is -0.341 e. The summed E-state index contributed by atoms with van der Waals surface area (Å²) in [6.45, 7) is 6.80. The van der Waals surface area contributed by atoms with E-state index >= 15 is 0 Å². The zero-order valence-electron chi connectivity index (χ0n) is 14.8. The molecule has 0 unspecified atom stereocenters. The molecule has 0 aliphatic carbocycles. The first-order valence-corrected chi connectivity index (χ1v) is 8.88. The molecule has 1 aromatic rings. The molecule has 0 bridgehead atoms. The summed E-state index contributed by atoms with van der Waals surface area (Å²) in [5, 5.41) is 2.98. The number of amides is 3. The molecule has 2 heterocycles. The first-order valence-electron chi connectivity index (χ1n) is 8.88. The summed E-state index contributed by atoms with van der Waals surface area (Å²) in [5.74, 6) is 1.21. The van der Waals surface area contributed by atoms with Crippen LogP contribution in [0.15, 0.2) is 18.2 Å². The van der Waals surface area contributed by atoms with Crippen molar-refractivity contribution in [2.24, 2.45) is 11.8 Å².